The van der Waals surface area contributed by atoms with Gasteiger partial charge in [-0.15, -0.1) is 0 Å². The molecule has 0 aliphatic carbocycles. The van der Waals surface area contributed by atoms with Gasteiger partial charge in [0.25, 0.3) is 0 Å². The molecule has 0 fully saturated rings. The largest absolute Gasteiger partial charge is 0.490 e. The second kappa shape index (κ2) is 11.0. The third-order valence-electron chi connectivity index (χ3n) is 4.77. The normalized spacial score (nSPS) is 12.9. The molecule has 0 radical (unpaired) electrons. The average molecular weight is 393 g/mol. The first-order valence-electron chi connectivity index (χ1n) is 9.82. The first-order chi connectivity index (χ1) is 14.0. The van der Waals surface area contributed by atoms with Crippen molar-refractivity contribution in [2.75, 3.05) is 13.2 Å². The van der Waals surface area contributed by atoms with Crippen molar-refractivity contribution in [3.05, 3.63) is 54.1 Å². The number of esters is 1. The van der Waals surface area contributed by atoms with Gasteiger partial charge in [-0.3, -0.25) is 4.79 Å². The Kier molecular flexibility index (Phi) is 8.35. The molecule has 2 rings (SSSR count). The number of benzene rings is 2. The van der Waals surface area contributed by atoms with Gasteiger partial charge in [-0.25, -0.2) is 0 Å². The van der Waals surface area contributed by atoms with Gasteiger partial charge in [0.15, 0.2) is 0 Å². The molecule has 0 aliphatic heterocycles. The lowest BCUT2D eigenvalue weighted by Gasteiger charge is -2.25. The predicted molar refractivity (Wildman–Crippen MR) is 112 cm³/mol. The second-order valence-corrected chi connectivity index (χ2v) is 7.00. The summed E-state index contributed by atoms with van der Waals surface area (Å²) < 4.78 is 11.0. The quantitative estimate of drug-likeness (QED) is 0.277. The van der Waals surface area contributed by atoms with E-state index >= 15 is 0 Å². The van der Waals surface area contributed by atoms with Crippen LogP contribution in [-0.4, -0.2) is 19.2 Å². The van der Waals surface area contributed by atoms with Crippen LogP contribution in [0.3, 0.4) is 0 Å². The summed E-state index contributed by atoms with van der Waals surface area (Å²) in [6.07, 6.45) is 2.53. The van der Waals surface area contributed by atoms with E-state index in [9.17, 15) is 4.79 Å². The highest BCUT2D eigenvalue weighted by Crippen LogP contribution is 2.29. The highest BCUT2D eigenvalue weighted by molar-refractivity contribution is 5.76. The van der Waals surface area contributed by atoms with E-state index in [1.54, 1.807) is 48.5 Å². The fraction of sp³-hybridized carbons (Fsp3) is 0.391. The molecule has 0 N–H and O–H groups in total. The molecule has 2 aromatic rings. The van der Waals surface area contributed by atoms with E-state index in [0.29, 0.717) is 29.3 Å². The summed E-state index contributed by atoms with van der Waals surface area (Å²) in [6.45, 7) is 6.54. The van der Waals surface area contributed by atoms with Crippen LogP contribution in [0.25, 0.3) is 0 Å². The van der Waals surface area contributed by atoms with Gasteiger partial charge in [-0.2, -0.15) is 15.5 Å². The minimum atomic E-state index is -0.420. The lowest BCUT2D eigenvalue weighted by molar-refractivity contribution is -0.156. The van der Waals surface area contributed by atoms with E-state index in [2.05, 4.69) is 23.2 Å². The smallest absolute Gasteiger partial charge is 0.311 e. The van der Waals surface area contributed by atoms with Crippen LogP contribution in [0.1, 0.15) is 45.6 Å². The number of rotatable bonds is 10. The van der Waals surface area contributed by atoms with Crippen LogP contribution in [0.2, 0.25) is 0 Å². The second-order valence-electron chi connectivity index (χ2n) is 7.00. The maximum atomic E-state index is 12.3. The molecule has 1 unspecified atom stereocenters. The maximum Gasteiger partial charge on any atom is 0.311 e. The van der Waals surface area contributed by atoms with Crippen molar-refractivity contribution < 1.29 is 14.3 Å². The molecule has 0 saturated carbocycles. The van der Waals surface area contributed by atoms with E-state index in [1.165, 1.54) is 0 Å². The van der Waals surface area contributed by atoms with E-state index in [-0.39, 0.29) is 12.6 Å². The number of carbonyl (C=O) groups excluding carboxylic acids is 1. The zero-order valence-corrected chi connectivity index (χ0v) is 17.2. The van der Waals surface area contributed by atoms with Crippen molar-refractivity contribution in [1.82, 2.24) is 0 Å². The summed E-state index contributed by atoms with van der Waals surface area (Å²) in [5, 5.41) is 17.1. The summed E-state index contributed by atoms with van der Waals surface area (Å²) >= 11 is 0. The highest BCUT2D eigenvalue weighted by atomic mass is 16.6. The van der Waals surface area contributed by atoms with Crippen molar-refractivity contribution in [2.45, 2.75) is 40.0 Å². The highest BCUT2D eigenvalue weighted by Gasteiger charge is 2.31. The third-order valence-corrected chi connectivity index (χ3v) is 4.77. The Morgan fingerprint density at radius 1 is 1.00 bits per heavy atom. The molecule has 29 heavy (non-hydrogen) atoms. The number of carbonyl (C=O) groups is 1. The number of ether oxygens (including phenoxy) is 2. The Labute approximate surface area is 172 Å². The molecular weight excluding hydrogens is 366 g/mol. The van der Waals surface area contributed by atoms with Gasteiger partial charge >= 0.3 is 5.97 Å². The number of hydrogen-bond acceptors (Lipinski definition) is 6. The Bertz CT molecular complexity index is 854. The predicted octanol–water partition coefficient (Wildman–Crippen LogP) is 6.11. The molecule has 0 amide bonds. The summed E-state index contributed by atoms with van der Waals surface area (Å²) in [5.41, 5.74) is 1.52. The average Bonchev–Trinajstić information content (AvgIpc) is 2.76. The van der Waals surface area contributed by atoms with E-state index in [4.69, 9.17) is 14.7 Å². The number of nitriles is 1. The molecule has 0 aromatic heterocycles. The number of azo groups is 1. The third kappa shape index (κ3) is 6.72. The van der Waals surface area contributed by atoms with Gasteiger partial charge in [-0.05, 0) is 68.3 Å². The van der Waals surface area contributed by atoms with E-state index < -0.39 is 5.41 Å². The van der Waals surface area contributed by atoms with Crippen LogP contribution in [-0.2, 0) is 9.53 Å². The van der Waals surface area contributed by atoms with Crippen molar-refractivity contribution in [3.8, 4) is 11.8 Å². The van der Waals surface area contributed by atoms with Crippen LogP contribution >= 0.6 is 0 Å². The van der Waals surface area contributed by atoms with Gasteiger partial charge in [0.1, 0.15) is 19.0 Å². The minimum Gasteiger partial charge on any atom is -0.490 e. The molecule has 0 aliphatic rings. The fourth-order valence-corrected chi connectivity index (χ4v) is 2.77. The van der Waals surface area contributed by atoms with Crippen LogP contribution in [0.15, 0.2) is 58.8 Å². The minimum absolute atomic E-state index is 0.163. The molecule has 2 aromatic carbocycles. The summed E-state index contributed by atoms with van der Waals surface area (Å²) in [6, 6.07) is 16.1. The summed E-state index contributed by atoms with van der Waals surface area (Å²) in [4.78, 5) is 12.3. The van der Waals surface area contributed by atoms with Crippen LogP contribution in [0.4, 0.5) is 11.4 Å². The Morgan fingerprint density at radius 2 is 1.59 bits per heavy atom. The van der Waals surface area contributed by atoms with Gasteiger partial charge in [0, 0.05) is 0 Å². The van der Waals surface area contributed by atoms with Crippen LogP contribution in [0.5, 0.6) is 5.75 Å². The Hall–Kier alpha value is -3.20. The van der Waals surface area contributed by atoms with Gasteiger partial charge in [-0.1, -0.05) is 20.3 Å². The standard InChI is InChI=1S/C23H27N3O3/c1-4-14-23(3,5-2)22(27)29-16-15-28-21-12-10-20(11-13-21)26-25-19-8-6-18(17-24)7-9-19/h6-13H,4-5,14-16H2,1-3H3. The lowest BCUT2D eigenvalue weighted by atomic mass is 9.83. The molecule has 0 heterocycles. The summed E-state index contributed by atoms with van der Waals surface area (Å²) in [7, 11) is 0. The first kappa shape index (κ1) is 22.1. The molecule has 0 bridgehead atoms. The van der Waals surface area contributed by atoms with Crippen LogP contribution in [0, 0.1) is 16.7 Å². The van der Waals surface area contributed by atoms with Crippen molar-refractivity contribution >= 4 is 17.3 Å². The molecule has 0 saturated heterocycles. The first-order valence-corrected chi connectivity index (χ1v) is 9.82. The SMILES string of the molecule is CCCC(C)(CC)C(=O)OCCOc1ccc(N=Nc2ccc(C#N)cc2)cc1. The lowest BCUT2D eigenvalue weighted by Crippen LogP contribution is -2.30. The molecule has 152 valence electrons. The van der Waals surface area contributed by atoms with Gasteiger partial charge in [0.2, 0.25) is 0 Å². The number of nitrogens with zero attached hydrogens (tertiary/aromatic N) is 3. The van der Waals surface area contributed by atoms with Crippen molar-refractivity contribution in [2.24, 2.45) is 15.6 Å². The zero-order chi connectivity index (χ0) is 21.1. The van der Waals surface area contributed by atoms with Crippen molar-refractivity contribution in [1.29, 1.82) is 5.26 Å². The molecule has 6 nitrogen and oxygen atoms in total. The fourth-order valence-electron chi connectivity index (χ4n) is 2.77. The Balaban J connectivity index is 1.79. The van der Waals surface area contributed by atoms with Gasteiger partial charge < -0.3 is 9.47 Å². The number of hydrogen-bond donors (Lipinski definition) is 0. The molecule has 0 spiro atoms. The van der Waals surface area contributed by atoms with E-state index in [1.807, 2.05) is 13.8 Å². The summed E-state index contributed by atoms with van der Waals surface area (Å²) in [5.74, 6) is 0.509. The maximum absolute atomic E-state index is 12.3. The zero-order valence-electron chi connectivity index (χ0n) is 17.2. The van der Waals surface area contributed by atoms with Crippen molar-refractivity contribution in [3.63, 3.8) is 0 Å². The molecule has 1 atom stereocenters. The van der Waals surface area contributed by atoms with Crippen LogP contribution < -0.4 is 4.74 Å². The molecular formula is C23H27N3O3. The topological polar surface area (TPSA) is 84.0 Å². The van der Waals surface area contributed by atoms with E-state index in [0.717, 1.165) is 19.3 Å². The monoisotopic (exact) mass is 393 g/mol. The molecule has 6 heteroatoms. The Morgan fingerprint density at radius 3 is 2.10 bits per heavy atom. The van der Waals surface area contributed by atoms with Gasteiger partial charge in [0.05, 0.1) is 28.4 Å².